The second kappa shape index (κ2) is 9.58. The van der Waals surface area contributed by atoms with E-state index >= 15 is 0 Å². The number of fused-ring (bicyclic) bond motifs is 1. The fourth-order valence-corrected chi connectivity index (χ4v) is 6.14. The summed E-state index contributed by atoms with van der Waals surface area (Å²) in [5.41, 5.74) is 0. The standard InChI is InChI=1S/C23H29ClN4O4S/c1-15(22(29)27-9-7-16(14-27)13-25-2)28-10-8-21(23(28)30)26-33(31,32)20-6-4-17-11-19(24)5-3-18(17)12-20/h3-6,11-12,15-16,21,25-26H,7-10,13-14H2,1-2H3/t15-,16?,21-/m0/s1. The SMILES string of the molecule is CNCC1CCN(C(=O)[C@H](C)N2CC[C@H](NS(=O)(=O)c3ccc4cc(Cl)ccc4c3)C2=O)C1. The number of sulfonamides is 1. The van der Waals surface area contributed by atoms with E-state index in [-0.39, 0.29) is 16.7 Å². The van der Waals surface area contributed by atoms with Crippen LogP contribution < -0.4 is 10.0 Å². The summed E-state index contributed by atoms with van der Waals surface area (Å²) in [6, 6.07) is 8.46. The number of carbonyl (C=O) groups excluding carboxylic acids is 2. The molecule has 2 saturated heterocycles. The van der Waals surface area contributed by atoms with Crippen LogP contribution in [0.25, 0.3) is 10.8 Å². The van der Waals surface area contributed by atoms with Gasteiger partial charge in [-0.2, -0.15) is 4.72 Å². The molecule has 0 radical (unpaired) electrons. The van der Waals surface area contributed by atoms with Gasteiger partial charge in [-0.3, -0.25) is 9.59 Å². The Morgan fingerprint density at radius 2 is 1.88 bits per heavy atom. The third kappa shape index (κ3) is 5.01. The lowest BCUT2D eigenvalue weighted by molar-refractivity contribution is -0.142. The minimum Gasteiger partial charge on any atom is -0.341 e. The lowest BCUT2D eigenvalue weighted by Crippen LogP contribution is -2.50. The number of likely N-dealkylation sites (tertiary alicyclic amines) is 2. The van der Waals surface area contributed by atoms with Crippen molar-refractivity contribution >= 4 is 44.2 Å². The van der Waals surface area contributed by atoms with Crippen molar-refractivity contribution in [3.05, 3.63) is 41.4 Å². The molecule has 2 amide bonds. The van der Waals surface area contributed by atoms with Crippen LogP contribution in [0.3, 0.4) is 0 Å². The van der Waals surface area contributed by atoms with E-state index in [1.807, 2.05) is 7.05 Å². The fourth-order valence-electron chi connectivity index (χ4n) is 4.70. The average Bonchev–Trinajstić information content (AvgIpc) is 3.39. The molecule has 2 heterocycles. The summed E-state index contributed by atoms with van der Waals surface area (Å²) >= 11 is 6.00. The van der Waals surface area contributed by atoms with Crippen LogP contribution in [-0.4, -0.2) is 75.3 Å². The Morgan fingerprint density at radius 3 is 2.64 bits per heavy atom. The van der Waals surface area contributed by atoms with Crippen LogP contribution in [0.15, 0.2) is 41.3 Å². The largest absolute Gasteiger partial charge is 0.341 e. The number of rotatable bonds is 7. The highest BCUT2D eigenvalue weighted by Gasteiger charge is 2.41. The topological polar surface area (TPSA) is 98.8 Å². The minimum atomic E-state index is -3.91. The molecule has 0 saturated carbocycles. The molecule has 0 aliphatic carbocycles. The quantitative estimate of drug-likeness (QED) is 0.614. The number of halogens is 1. The second-order valence-electron chi connectivity index (χ2n) is 8.82. The van der Waals surface area contributed by atoms with E-state index in [1.54, 1.807) is 42.2 Å². The van der Waals surface area contributed by atoms with Crippen molar-refractivity contribution in [2.75, 3.05) is 33.2 Å². The molecule has 8 nitrogen and oxygen atoms in total. The molecule has 178 valence electrons. The molecule has 0 aromatic heterocycles. The number of hydrogen-bond donors (Lipinski definition) is 2. The number of amides is 2. The van der Waals surface area contributed by atoms with Crippen molar-refractivity contribution in [3.63, 3.8) is 0 Å². The van der Waals surface area contributed by atoms with Crippen molar-refractivity contribution in [1.82, 2.24) is 19.8 Å². The molecular formula is C23H29ClN4O4S. The van der Waals surface area contributed by atoms with Gasteiger partial charge in [-0.15, -0.1) is 0 Å². The predicted octanol–water partition coefficient (Wildman–Crippen LogP) is 1.83. The van der Waals surface area contributed by atoms with Crippen LogP contribution in [0, 0.1) is 5.92 Å². The molecule has 2 aromatic carbocycles. The molecule has 1 unspecified atom stereocenters. The van der Waals surface area contributed by atoms with E-state index in [9.17, 15) is 18.0 Å². The zero-order valence-corrected chi connectivity index (χ0v) is 20.3. The zero-order valence-electron chi connectivity index (χ0n) is 18.8. The highest BCUT2D eigenvalue weighted by Crippen LogP contribution is 2.25. The summed E-state index contributed by atoms with van der Waals surface area (Å²) in [6.07, 6.45) is 1.26. The van der Waals surface area contributed by atoms with Gasteiger partial charge in [-0.25, -0.2) is 8.42 Å². The summed E-state index contributed by atoms with van der Waals surface area (Å²) in [4.78, 5) is 29.3. The summed E-state index contributed by atoms with van der Waals surface area (Å²) < 4.78 is 28.5. The zero-order chi connectivity index (χ0) is 23.8. The van der Waals surface area contributed by atoms with Gasteiger partial charge in [0.05, 0.1) is 4.90 Å². The van der Waals surface area contributed by atoms with E-state index in [1.165, 1.54) is 11.0 Å². The lowest BCUT2D eigenvalue weighted by Gasteiger charge is -2.28. The lowest BCUT2D eigenvalue weighted by atomic mass is 10.1. The van der Waals surface area contributed by atoms with E-state index in [2.05, 4.69) is 10.0 Å². The third-order valence-electron chi connectivity index (χ3n) is 6.54. The minimum absolute atomic E-state index is 0.0836. The van der Waals surface area contributed by atoms with Gasteiger partial charge in [0, 0.05) is 24.7 Å². The maximum absolute atomic E-state index is 13.0. The van der Waals surface area contributed by atoms with Crippen LogP contribution in [0.4, 0.5) is 0 Å². The first-order valence-corrected chi connectivity index (χ1v) is 13.0. The van der Waals surface area contributed by atoms with Gasteiger partial charge in [0.1, 0.15) is 12.1 Å². The van der Waals surface area contributed by atoms with Crippen molar-refractivity contribution in [2.24, 2.45) is 5.92 Å². The first kappa shape index (κ1) is 23.9. The molecule has 2 aliphatic rings. The molecular weight excluding hydrogens is 464 g/mol. The average molecular weight is 493 g/mol. The molecule has 4 rings (SSSR count). The van der Waals surface area contributed by atoms with Gasteiger partial charge < -0.3 is 15.1 Å². The van der Waals surface area contributed by atoms with E-state index in [0.717, 1.165) is 23.7 Å². The van der Waals surface area contributed by atoms with Gasteiger partial charge in [-0.05, 0) is 74.3 Å². The Kier molecular flexibility index (Phi) is 6.95. The van der Waals surface area contributed by atoms with Crippen molar-refractivity contribution in [3.8, 4) is 0 Å². The van der Waals surface area contributed by atoms with Crippen molar-refractivity contribution in [1.29, 1.82) is 0 Å². The highest BCUT2D eigenvalue weighted by molar-refractivity contribution is 7.89. The fraction of sp³-hybridized carbons (Fsp3) is 0.478. The number of nitrogens with one attached hydrogen (secondary N) is 2. The molecule has 2 aliphatic heterocycles. The Balaban J connectivity index is 1.42. The number of hydrogen-bond acceptors (Lipinski definition) is 5. The molecule has 2 fully saturated rings. The highest BCUT2D eigenvalue weighted by atomic mass is 35.5. The smallest absolute Gasteiger partial charge is 0.245 e. The Morgan fingerprint density at radius 1 is 1.15 bits per heavy atom. The van der Waals surface area contributed by atoms with E-state index < -0.39 is 22.1 Å². The van der Waals surface area contributed by atoms with Crippen LogP contribution in [0.2, 0.25) is 5.02 Å². The molecule has 10 heteroatoms. The van der Waals surface area contributed by atoms with Crippen molar-refractivity contribution < 1.29 is 18.0 Å². The first-order valence-electron chi connectivity index (χ1n) is 11.1. The predicted molar refractivity (Wildman–Crippen MR) is 127 cm³/mol. The molecule has 0 spiro atoms. The summed E-state index contributed by atoms with van der Waals surface area (Å²) in [5, 5.41) is 5.28. The maximum atomic E-state index is 13.0. The number of carbonyl (C=O) groups is 2. The Labute approximate surface area is 199 Å². The van der Waals surface area contributed by atoms with Crippen molar-refractivity contribution in [2.45, 2.75) is 36.7 Å². The summed E-state index contributed by atoms with van der Waals surface area (Å²) in [7, 11) is -2.02. The van der Waals surface area contributed by atoms with Crippen LogP contribution >= 0.6 is 11.6 Å². The van der Waals surface area contributed by atoms with Gasteiger partial charge in [0.2, 0.25) is 21.8 Å². The molecule has 2 N–H and O–H groups in total. The summed E-state index contributed by atoms with van der Waals surface area (Å²) in [5.74, 6) is -0.0328. The van der Waals surface area contributed by atoms with Gasteiger partial charge in [-0.1, -0.05) is 23.7 Å². The molecule has 0 bridgehead atoms. The van der Waals surface area contributed by atoms with Gasteiger partial charge >= 0.3 is 0 Å². The normalized spacial score (nSPS) is 22.3. The maximum Gasteiger partial charge on any atom is 0.245 e. The Hall–Kier alpha value is -2.20. The molecule has 2 aromatic rings. The third-order valence-corrected chi connectivity index (χ3v) is 8.24. The number of benzene rings is 2. The van der Waals surface area contributed by atoms with E-state index in [0.29, 0.717) is 37.0 Å². The van der Waals surface area contributed by atoms with Crippen LogP contribution in [0.5, 0.6) is 0 Å². The molecule has 33 heavy (non-hydrogen) atoms. The monoisotopic (exact) mass is 492 g/mol. The number of nitrogens with zero attached hydrogens (tertiary/aromatic N) is 2. The van der Waals surface area contributed by atoms with Crippen LogP contribution in [0.1, 0.15) is 19.8 Å². The molecule has 3 atom stereocenters. The van der Waals surface area contributed by atoms with Gasteiger partial charge in [0.15, 0.2) is 0 Å². The first-order chi connectivity index (χ1) is 15.7. The van der Waals surface area contributed by atoms with E-state index in [4.69, 9.17) is 11.6 Å². The van der Waals surface area contributed by atoms with Crippen LogP contribution in [-0.2, 0) is 19.6 Å². The Bertz CT molecular complexity index is 1170. The summed E-state index contributed by atoms with van der Waals surface area (Å²) in [6.45, 7) is 4.27. The van der Waals surface area contributed by atoms with Gasteiger partial charge in [0.25, 0.3) is 0 Å². The second-order valence-corrected chi connectivity index (χ2v) is 11.0.